The quantitative estimate of drug-likeness (QED) is 0.780. The molecule has 23 heavy (non-hydrogen) atoms. The molecule has 0 saturated carbocycles. The van der Waals surface area contributed by atoms with Crippen LogP contribution in [0.4, 0.5) is 16.3 Å². The van der Waals surface area contributed by atoms with Gasteiger partial charge in [0.25, 0.3) is 0 Å². The summed E-state index contributed by atoms with van der Waals surface area (Å²) in [5.41, 5.74) is 7.72. The van der Waals surface area contributed by atoms with Gasteiger partial charge in [0.05, 0.1) is 5.69 Å². The number of ether oxygens (including phenoxy) is 1. The van der Waals surface area contributed by atoms with Crippen molar-refractivity contribution in [3.05, 3.63) is 53.7 Å². The lowest BCUT2D eigenvalue weighted by molar-refractivity contribution is -0.115. The Hall–Kier alpha value is -3.09. The number of hydrogen-bond acceptors (Lipinski definition) is 5. The summed E-state index contributed by atoms with van der Waals surface area (Å²) in [4.78, 5) is 27.3. The van der Waals surface area contributed by atoms with Crippen LogP contribution in [-0.2, 0) is 16.1 Å². The topological polar surface area (TPSA) is 106 Å². The fourth-order valence-corrected chi connectivity index (χ4v) is 1.80. The Labute approximate surface area is 133 Å². The molecule has 0 aliphatic carbocycles. The van der Waals surface area contributed by atoms with Crippen LogP contribution in [0.5, 0.6) is 0 Å². The highest BCUT2D eigenvalue weighted by Crippen LogP contribution is 2.15. The smallest absolute Gasteiger partial charge is 0.407 e. The molecule has 7 nitrogen and oxygen atoms in total. The molecule has 0 bridgehead atoms. The SMILES string of the molecule is Cc1ccc(NC(=O)CNC(=O)OCc2ccccc2)c(N)n1. The summed E-state index contributed by atoms with van der Waals surface area (Å²) < 4.78 is 5.00. The maximum atomic E-state index is 11.8. The van der Waals surface area contributed by atoms with Crippen molar-refractivity contribution < 1.29 is 14.3 Å². The zero-order valence-corrected chi connectivity index (χ0v) is 12.7. The number of nitrogens with zero attached hydrogens (tertiary/aromatic N) is 1. The molecule has 0 aliphatic heterocycles. The van der Waals surface area contributed by atoms with Gasteiger partial charge in [0, 0.05) is 5.69 Å². The molecule has 2 rings (SSSR count). The fraction of sp³-hybridized carbons (Fsp3) is 0.188. The zero-order chi connectivity index (χ0) is 16.7. The molecule has 0 saturated heterocycles. The van der Waals surface area contributed by atoms with Crippen molar-refractivity contribution in [3.8, 4) is 0 Å². The number of amides is 2. The number of carbonyl (C=O) groups excluding carboxylic acids is 2. The standard InChI is InChI=1S/C16H18N4O3/c1-11-7-8-13(15(17)19-11)20-14(21)9-18-16(22)23-10-12-5-3-2-4-6-12/h2-8H,9-10H2,1H3,(H2,17,19)(H,18,22)(H,20,21). The molecule has 0 fully saturated rings. The Bertz CT molecular complexity index is 689. The van der Waals surface area contributed by atoms with Crippen molar-refractivity contribution in [1.82, 2.24) is 10.3 Å². The average molecular weight is 314 g/mol. The minimum atomic E-state index is -0.668. The summed E-state index contributed by atoms with van der Waals surface area (Å²) in [7, 11) is 0. The van der Waals surface area contributed by atoms with E-state index in [-0.39, 0.29) is 19.0 Å². The number of anilines is 2. The van der Waals surface area contributed by atoms with Crippen LogP contribution in [0.1, 0.15) is 11.3 Å². The maximum Gasteiger partial charge on any atom is 0.407 e. The number of aryl methyl sites for hydroxylation is 1. The van der Waals surface area contributed by atoms with Crippen molar-refractivity contribution >= 4 is 23.5 Å². The van der Waals surface area contributed by atoms with E-state index < -0.39 is 12.0 Å². The van der Waals surface area contributed by atoms with Gasteiger partial charge >= 0.3 is 6.09 Å². The highest BCUT2D eigenvalue weighted by Gasteiger charge is 2.09. The number of aromatic nitrogens is 1. The van der Waals surface area contributed by atoms with E-state index in [4.69, 9.17) is 10.5 Å². The van der Waals surface area contributed by atoms with Gasteiger partial charge in [0.2, 0.25) is 5.91 Å². The number of carbonyl (C=O) groups is 2. The molecule has 2 amide bonds. The average Bonchev–Trinajstić information content (AvgIpc) is 2.54. The summed E-state index contributed by atoms with van der Waals surface area (Å²) in [6.07, 6.45) is -0.668. The van der Waals surface area contributed by atoms with E-state index in [0.29, 0.717) is 5.69 Å². The predicted molar refractivity (Wildman–Crippen MR) is 86.6 cm³/mol. The van der Waals surface area contributed by atoms with E-state index in [2.05, 4.69) is 15.6 Å². The number of rotatable bonds is 5. The fourth-order valence-electron chi connectivity index (χ4n) is 1.80. The molecular weight excluding hydrogens is 296 g/mol. The van der Waals surface area contributed by atoms with Crippen molar-refractivity contribution in [2.75, 3.05) is 17.6 Å². The predicted octanol–water partition coefficient (Wildman–Crippen LogP) is 1.84. The third-order valence-electron chi connectivity index (χ3n) is 2.94. The first-order valence-corrected chi connectivity index (χ1v) is 7.02. The second kappa shape index (κ2) is 7.79. The summed E-state index contributed by atoms with van der Waals surface area (Å²) in [6.45, 7) is 1.72. The highest BCUT2D eigenvalue weighted by molar-refractivity contribution is 5.95. The molecule has 0 atom stereocenters. The monoisotopic (exact) mass is 314 g/mol. The molecule has 4 N–H and O–H groups in total. The highest BCUT2D eigenvalue weighted by atomic mass is 16.5. The van der Waals surface area contributed by atoms with Gasteiger partial charge in [-0.3, -0.25) is 4.79 Å². The maximum absolute atomic E-state index is 11.8. The van der Waals surface area contributed by atoms with Gasteiger partial charge in [0.15, 0.2) is 0 Å². The molecule has 0 spiro atoms. The number of nitrogen functional groups attached to an aromatic ring is 1. The molecule has 1 aromatic carbocycles. The zero-order valence-electron chi connectivity index (χ0n) is 12.7. The van der Waals surface area contributed by atoms with Crippen molar-refractivity contribution in [2.45, 2.75) is 13.5 Å². The van der Waals surface area contributed by atoms with E-state index >= 15 is 0 Å². The van der Waals surface area contributed by atoms with Crippen LogP contribution in [0.3, 0.4) is 0 Å². The molecular formula is C16H18N4O3. The summed E-state index contributed by atoms with van der Waals surface area (Å²) in [5, 5.41) is 4.94. The second-order valence-corrected chi connectivity index (χ2v) is 4.85. The lowest BCUT2D eigenvalue weighted by Crippen LogP contribution is -2.33. The van der Waals surface area contributed by atoms with Crippen LogP contribution in [0, 0.1) is 6.92 Å². The van der Waals surface area contributed by atoms with Crippen molar-refractivity contribution in [3.63, 3.8) is 0 Å². The second-order valence-electron chi connectivity index (χ2n) is 4.85. The third-order valence-corrected chi connectivity index (χ3v) is 2.94. The minimum Gasteiger partial charge on any atom is -0.445 e. The van der Waals surface area contributed by atoms with Crippen LogP contribution >= 0.6 is 0 Å². The van der Waals surface area contributed by atoms with Gasteiger partial charge in [-0.05, 0) is 24.6 Å². The van der Waals surface area contributed by atoms with Gasteiger partial charge in [-0.15, -0.1) is 0 Å². The Kier molecular flexibility index (Phi) is 5.51. The molecule has 7 heteroatoms. The molecule has 0 radical (unpaired) electrons. The van der Waals surface area contributed by atoms with Gasteiger partial charge < -0.3 is 21.1 Å². The number of nitrogens with two attached hydrogens (primary N) is 1. The van der Waals surface area contributed by atoms with Crippen molar-refractivity contribution in [2.24, 2.45) is 0 Å². The van der Waals surface area contributed by atoms with Crippen LogP contribution in [0.25, 0.3) is 0 Å². The first kappa shape index (κ1) is 16.3. The summed E-state index contributed by atoms with van der Waals surface area (Å²) in [5.74, 6) is -0.191. The lowest BCUT2D eigenvalue weighted by Gasteiger charge is -2.09. The Morgan fingerprint density at radius 2 is 1.91 bits per heavy atom. The van der Waals surface area contributed by atoms with E-state index in [1.807, 2.05) is 30.3 Å². The number of benzene rings is 1. The van der Waals surface area contributed by atoms with Crippen LogP contribution in [-0.4, -0.2) is 23.5 Å². The van der Waals surface area contributed by atoms with Crippen LogP contribution < -0.4 is 16.4 Å². The molecule has 1 heterocycles. The first-order valence-electron chi connectivity index (χ1n) is 7.02. The Balaban J connectivity index is 1.74. The molecule has 0 unspecified atom stereocenters. The molecule has 2 aromatic rings. The third kappa shape index (κ3) is 5.31. The lowest BCUT2D eigenvalue weighted by atomic mass is 10.2. The first-order chi connectivity index (χ1) is 11.0. The molecule has 1 aromatic heterocycles. The number of pyridine rings is 1. The van der Waals surface area contributed by atoms with E-state index in [0.717, 1.165) is 11.3 Å². The number of alkyl carbamates (subject to hydrolysis) is 1. The summed E-state index contributed by atoms with van der Waals surface area (Å²) >= 11 is 0. The van der Waals surface area contributed by atoms with Crippen LogP contribution in [0.15, 0.2) is 42.5 Å². The van der Waals surface area contributed by atoms with Gasteiger partial charge in [0.1, 0.15) is 19.0 Å². The normalized spacial score (nSPS) is 9.96. The van der Waals surface area contributed by atoms with E-state index in [1.165, 1.54) is 0 Å². The Morgan fingerprint density at radius 1 is 1.17 bits per heavy atom. The summed E-state index contributed by atoms with van der Waals surface area (Å²) in [6, 6.07) is 12.6. The van der Waals surface area contributed by atoms with E-state index in [1.54, 1.807) is 19.1 Å². The largest absolute Gasteiger partial charge is 0.445 e. The molecule has 120 valence electrons. The molecule has 0 aliphatic rings. The van der Waals surface area contributed by atoms with E-state index in [9.17, 15) is 9.59 Å². The van der Waals surface area contributed by atoms with Crippen molar-refractivity contribution in [1.29, 1.82) is 0 Å². The van der Waals surface area contributed by atoms with Gasteiger partial charge in [-0.2, -0.15) is 0 Å². The van der Waals surface area contributed by atoms with Gasteiger partial charge in [-0.25, -0.2) is 9.78 Å². The van der Waals surface area contributed by atoms with Crippen LogP contribution in [0.2, 0.25) is 0 Å². The minimum absolute atomic E-state index is 0.142. The number of hydrogen-bond donors (Lipinski definition) is 3. The Morgan fingerprint density at radius 3 is 2.61 bits per heavy atom. The number of nitrogens with one attached hydrogen (secondary N) is 2. The van der Waals surface area contributed by atoms with Gasteiger partial charge in [-0.1, -0.05) is 30.3 Å².